The van der Waals surface area contributed by atoms with Crippen LogP contribution in [-0.2, 0) is 0 Å². The van der Waals surface area contributed by atoms with Crippen LogP contribution in [0.25, 0.3) is 0 Å². The minimum absolute atomic E-state index is 0.0616. The molecule has 0 aliphatic carbocycles. The van der Waals surface area contributed by atoms with Gasteiger partial charge in [-0.15, -0.1) is 0 Å². The largest absolute Gasteiger partial charge is 0.351 e. The molecule has 1 aromatic heterocycles. The van der Waals surface area contributed by atoms with Gasteiger partial charge in [0.25, 0.3) is 5.69 Å². The number of amides is 2. The molecule has 98 valence electrons. The first-order valence-electron chi connectivity index (χ1n) is 4.94. The molecular weight excluding hydrogens is 336 g/mol. The van der Waals surface area contributed by atoms with E-state index < -0.39 is 11.0 Å². The number of benzene rings is 1. The van der Waals surface area contributed by atoms with Crippen LogP contribution in [0.4, 0.5) is 21.3 Å². The zero-order chi connectivity index (χ0) is 14.0. The number of carbonyl (C=O) groups is 1. The minimum Gasteiger partial charge on any atom is -0.351 e. The summed E-state index contributed by atoms with van der Waals surface area (Å²) in [6.45, 7) is 0. The van der Waals surface area contributed by atoms with E-state index in [4.69, 9.17) is 5.73 Å². The number of nitrogens with zero attached hydrogens (tertiary/aromatic N) is 3. The van der Waals surface area contributed by atoms with Crippen LogP contribution in [0, 0.1) is 10.1 Å². The highest BCUT2D eigenvalue weighted by Gasteiger charge is 2.19. The van der Waals surface area contributed by atoms with E-state index in [0.717, 1.165) is 3.79 Å². The van der Waals surface area contributed by atoms with Crippen molar-refractivity contribution in [1.82, 2.24) is 4.98 Å². The van der Waals surface area contributed by atoms with Gasteiger partial charge < -0.3 is 5.73 Å². The van der Waals surface area contributed by atoms with Gasteiger partial charge in [0.2, 0.25) is 0 Å². The quantitative estimate of drug-likeness (QED) is 0.683. The highest BCUT2D eigenvalue weighted by atomic mass is 79.9. The number of rotatable bonds is 3. The highest BCUT2D eigenvalue weighted by Crippen LogP contribution is 2.32. The van der Waals surface area contributed by atoms with Gasteiger partial charge in [-0.3, -0.25) is 10.1 Å². The van der Waals surface area contributed by atoms with Crippen molar-refractivity contribution in [1.29, 1.82) is 0 Å². The van der Waals surface area contributed by atoms with E-state index in [1.807, 2.05) is 0 Å². The lowest BCUT2D eigenvalue weighted by Gasteiger charge is -2.16. The van der Waals surface area contributed by atoms with Crippen molar-refractivity contribution < 1.29 is 9.72 Å². The molecule has 9 heteroatoms. The number of urea groups is 1. The molecule has 0 spiro atoms. The molecule has 2 N–H and O–H groups in total. The Labute approximate surface area is 119 Å². The SMILES string of the molecule is NC(=O)N(c1ccc([N+](=O)[O-])cc1)c1ncc(Br)s1. The lowest BCUT2D eigenvalue weighted by atomic mass is 10.2. The molecule has 0 bridgehead atoms. The van der Waals surface area contributed by atoms with Crippen LogP contribution in [0.2, 0.25) is 0 Å². The van der Waals surface area contributed by atoms with E-state index in [1.54, 1.807) is 6.20 Å². The zero-order valence-electron chi connectivity index (χ0n) is 9.32. The van der Waals surface area contributed by atoms with Crippen LogP contribution in [0.15, 0.2) is 34.2 Å². The van der Waals surface area contributed by atoms with Crippen LogP contribution in [0.5, 0.6) is 0 Å². The Morgan fingerprint density at radius 2 is 2.05 bits per heavy atom. The van der Waals surface area contributed by atoms with E-state index in [1.165, 1.54) is 40.5 Å². The Bertz CT molecular complexity index is 628. The van der Waals surface area contributed by atoms with Crippen LogP contribution in [0.1, 0.15) is 0 Å². The smallest absolute Gasteiger partial charge is 0.325 e. The molecule has 2 amide bonds. The second-order valence-electron chi connectivity index (χ2n) is 3.39. The van der Waals surface area contributed by atoms with Crippen molar-refractivity contribution in [3.8, 4) is 0 Å². The molecule has 19 heavy (non-hydrogen) atoms. The van der Waals surface area contributed by atoms with Crippen LogP contribution in [-0.4, -0.2) is 15.9 Å². The van der Waals surface area contributed by atoms with Crippen molar-refractivity contribution in [3.63, 3.8) is 0 Å². The van der Waals surface area contributed by atoms with Gasteiger partial charge in [-0.05, 0) is 28.1 Å². The molecule has 0 saturated carbocycles. The third-order valence-electron chi connectivity index (χ3n) is 2.20. The number of halogens is 1. The standard InChI is InChI=1S/C10H7BrN4O3S/c11-8-5-13-10(19-8)14(9(12)16)6-1-3-7(4-2-6)15(17)18/h1-5H,(H2,12,16). The van der Waals surface area contributed by atoms with E-state index in [-0.39, 0.29) is 5.69 Å². The predicted octanol–water partition coefficient (Wildman–Crippen LogP) is 3.03. The minimum atomic E-state index is -0.712. The van der Waals surface area contributed by atoms with Gasteiger partial charge in [-0.25, -0.2) is 14.7 Å². The Hall–Kier alpha value is -2.00. The molecular formula is C10H7BrN4O3S. The van der Waals surface area contributed by atoms with E-state index in [9.17, 15) is 14.9 Å². The second kappa shape index (κ2) is 5.33. The summed E-state index contributed by atoms with van der Waals surface area (Å²) in [7, 11) is 0. The Kier molecular flexibility index (Phi) is 3.76. The summed E-state index contributed by atoms with van der Waals surface area (Å²) in [6, 6.07) is 4.77. The second-order valence-corrected chi connectivity index (χ2v) is 5.78. The molecule has 0 atom stereocenters. The number of primary amides is 1. The maximum atomic E-state index is 11.5. The fourth-order valence-corrected chi connectivity index (χ4v) is 2.61. The fraction of sp³-hybridized carbons (Fsp3) is 0. The maximum Gasteiger partial charge on any atom is 0.325 e. The number of nitrogens with two attached hydrogens (primary N) is 1. The summed E-state index contributed by atoms with van der Waals surface area (Å²) >= 11 is 4.47. The lowest BCUT2D eigenvalue weighted by Crippen LogP contribution is -2.31. The molecule has 0 unspecified atom stereocenters. The average Bonchev–Trinajstić information content (AvgIpc) is 2.76. The molecule has 2 rings (SSSR count). The average molecular weight is 343 g/mol. The first-order valence-corrected chi connectivity index (χ1v) is 6.55. The predicted molar refractivity (Wildman–Crippen MR) is 74.6 cm³/mol. The van der Waals surface area contributed by atoms with Gasteiger partial charge in [-0.1, -0.05) is 11.3 Å². The molecule has 7 nitrogen and oxygen atoms in total. The van der Waals surface area contributed by atoms with Gasteiger partial charge >= 0.3 is 6.03 Å². The van der Waals surface area contributed by atoms with Crippen molar-refractivity contribution >= 4 is 49.8 Å². The molecule has 0 radical (unpaired) electrons. The molecule has 0 aliphatic rings. The van der Waals surface area contributed by atoms with Crippen LogP contribution < -0.4 is 10.6 Å². The van der Waals surface area contributed by atoms with Gasteiger partial charge in [0.05, 0.1) is 20.6 Å². The number of anilines is 2. The van der Waals surface area contributed by atoms with E-state index in [2.05, 4.69) is 20.9 Å². The number of nitro benzene ring substituents is 1. The first kappa shape index (κ1) is 13.4. The van der Waals surface area contributed by atoms with Crippen molar-refractivity contribution in [2.75, 3.05) is 4.90 Å². The first-order chi connectivity index (χ1) is 8.99. The summed E-state index contributed by atoms with van der Waals surface area (Å²) in [4.78, 5) is 26.8. The van der Waals surface area contributed by atoms with Crippen molar-refractivity contribution in [2.45, 2.75) is 0 Å². The number of non-ortho nitro benzene ring substituents is 1. The normalized spacial score (nSPS) is 10.2. The maximum absolute atomic E-state index is 11.5. The number of hydrogen-bond donors (Lipinski definition) is 1. The zero-order valence-corrected chi connectivity index (χ0v) is 11.7. The summed E-state index contributed by atoms with van der Waals surface area (Å²) in [5.74, 6) is 0. The molecule has 0 fully saturated rings. The molecule has 1 aromatic carbocycles. The summed E-state index contributed by atoms with van der Waals surface area (Å²) in [6.07, 6.45) is 1.54. The van der Waals surface area contributed by atoms with Crippen LogP contribution in [0.3, 0.4) is 0 Å². The number of carbonyl (C=O) groups excluding carboxylic acids is 1. The third kappa shape index (κ3) is 2.88. The topological polar surface area (TPSA) is 102 Å². The van der Waals surface area contributed by atoms with Gasteiger partial charge in [-0.2, -0.15) is 0 Å². The van der Waals surface area contributed by atoms with Gasteiger partial charge in [0.1, 0.15) is 0 Å². The van der Waals surface area contributed by atoms with Gasteiger partial charge in [0.15, 0.2) is 5.13 Å². The third-order valence-corrected chi connectivity index (χ3v) is 3.66. The number of nitro groups is 1. The highest BCUT2D eigenvalue weighted by molar-refractivity contribution is 9.11. The number of aromatic nitrogens is 1. The molecule has 2 aromatic rings. The number of hydrogen-bond acceptors (Lipinski definition) is 5. The van der Waals surface area contributed by atoms with E-state index in [0.29, 0.717) is 10.8 Å². The number of thiazole rings is 1. The van der Waals surface area contributed by atoms with Crippen molar-refractivity contribution in [2.24, 2.45) is 5.73 Å². The summed E-state index contributed by atoms with van der Waals surface area (Å²) in [5, 5.41) is 11.0. The Morgan fingerprint density at radius 1 is 1.42 bits per heavy atom. The Balaban J connectivity index is 2.40. The van der Waals surface area contributed by atoms with E-state index >= 15 is 0 Å². The molecule has 0 saturated heterocycles. The molecule has 0 aliphatic heterocycles. The Morgan fingerprint density at radius 3 is 2.47 bits per heavy atom. The lowest BCUT2D eigenvalue weighted by molar-refractivity contribution is -0.384. The summed E-state index contributed by atoms with van der Waals surface area (Å²) in [5.41, 5.74) is 5.67. The molecule has 1 heterocycles. The summed E-state index contributed by atoms with van der Waals surface area (Å²) < 4.78 is 0.746. The van der Waals surface area contributed by atoms with Crippen LogP contribution >= 0.6 is 27.3 Å². The van der Waals surface area contributed by atoms with Gasteiger partial charge in [0, 0.05) is 12.1 Å². The fourth-order valence-electron chi connectivity index (χ4n) is 1.40. The van der Waals surface area contributed by atoms with Crippen molar-refractivity contribution in [3.05, 3.63) is 44.4 Å². The monoisotopic (exact) mass is 342 g/mol.